The number of piperazine rings is 1. The van der Waals surface area contributed by atoms with Gasteiger partial charge in [0.05, 0.1) is 11.1 Å². The summed E-state index contributed by atoms with van der Waals surface area (Å²) >= 11 is 0. The van der Waals surface area contributed by atoms with Crippen molar-refractivity contribution in [3.63, 3.8) is 0 Å². The Morgan fingerprint density at radius 1 is 0.810 bits per heavy atom. The molecule has 214 valence electrons. The normalized spacial score (nSPS) is 13.0. The third-order valence-electron chi connectivity index (χ3n) is 7.42. The first-order valence-electron chi connectivity index (χ1n) is 13.9. The number of nitrogens with zero attached hydrogens (tertiary/aromatic N) is 3. The highest BCUT2D eigenvalue weighted by Crippen LogP contribution is 2.28. The molecule has 0 atom stereocenters. The number of amides is 3. The Morgan fingerprint density at radius 2 is 1.48 bits per heavy atom. The summed E-state index contributed by atoms with van der Waals surface area (Å²) in [7, 11) is 1.74. The Labute approximate surface area is 245 Å². The van der Waals surface area contributed by atoms with E-state index in [9.17, 15) is 18.8 Å². The largest absolute Gasteiger partial charge is 0.367 e. The zero-order valence-electron chi connectivity index (χ0n) is 23.7. The van der Waals surface area contributed by atoms with E-state index in [2.05, 4.69) is 10.2 Å². The number of benzene rings is 4. The van der Waals surface area contributed by atoms with Crippen LogP contribution in [0.15, 0.2) is 97.1 Å². The number of aryl methyl sites for hydroxylation is 1. The molecule has 4 aromatic rings. The number of anilines is 2. The van der Waals surface area contributed by atoms with Crippen LogP contribution in [-0.2, 0) is 6.54 Å². The SMILES string of the molecule is Cc1ccc(C(=O)N2CCN(c3ccc(NC(=O)c4ccccc4F)cc3C(=O)N(C)Cc3ccccc3)CC2)cc1. The quantitative estimate of drug-likeness (QED) is 0.316. The van der Waals surface area contributed by atoms with Gasteiger partial charge in [0.2, 0.25) is 0 Å². The molecule has 1 saturated heterocycles. The molecule has 8 heteroatoms. The Bertz CT molecular complexity index is 1580. The molecule has 1 heterocycles. The molecule has 0 aromatic heterocycles. The van der Waals surface area contributed by atoms with Gasteiger partial charge in [0.1, 0.15) is 5.82 Å². The molecule has 42 heavy (non-hydrogen) atoms. The molecular formula is C34H33FN4O3. The van der Waals surface area contributed by atoms with E-state index < -0.39 is 11.7 Å². The molecule has 4 aromatic carbocycles. The molecule has 5 rings (SSSR count). The number of rotatable bonds is 7. The number of carbonyl (C=O) groups excluding carboxylic acids is 3. The molecule has 3 amide bonds. The highest BCUT2D eigenvalue weighted by Gasteiger charge is 2.26. The van der Waals surface area contributed by atoms with Crippen LogP contribution >= 0.6 is 0 Å². The lowest BCUT2D eigenvalue weighted by atomic mass is 10.1. The molecule has 1 aliphatic heterocycles. The van der Waals surface area contributed by atoms with Crippen molar-refractivity contribution in [2.45, 2.75) is 13.5 Å². The first-order chi connectivity index (χ1) is 20.3. The predicted octanol–water partition coefficient (Wildman–Crippen LogP) is 5.62. The summed E-state index contributed by atoms with van der Waals surface area (Å²) in [6, 6.07) is 28.2. The summed E-state index contributed by atoms with van der Waals surface area (Å²) in [6.07, 6.45) is 0. The van der Waals surface area contributed by atoms with Gasteiger partial charge >= 0.3 is 0 Å². The van der Waals surface area contributed by atoms with Crippen LogP contribution in [0, 0.1) is 12.7 Å². The highest BCUT2D eigenvalue weighted by molar-refractivity contribution is 6.06. The summed E-state index contributed by atoms with van der Waals surface area (Å²) in [5.74, 6) is -1.45. The van der Waals surface area contributed by atoms with E-state index in [1.54, 1.807) is 36.2 Å². The first kappa shape index (κ1) is 28.5. The summed E-state index contributed by atoms with van der Waals surface area (Å²) < 4.78 is 14.2. The molecule has 1 aliphatic rings. The molecule has 0 radical (unpaired) electrons. The van der Waals surface area contributed by atoms with Crippen molar-refractivity contribution in [2.75, 3.05) is 43.4 Å². The highest BCUT2D eigenvalue weighted by atomic mass is 19.1. The van der Waals surface area contributed by atoms with Gasteiger partial charge in [0.15, 0.2) is 0 Å². The molecule has 7 nitrogen and oxygen atoms in total. The average Bonchev–Trinajstić information content (AvgIpc) is 3.01. The zero-order valence-corrected chi connectivity index (χ0v) is 23.7. The van der Waals surface area contributed by atoms with Crippen molar-refractivity contribution in [3.8, 4) is 0 Å². The molecule has 0 saturated carbocycles. The summed E-state index contributed by atoms with van der Waals surface area (Å²) in [5, 5.41) is 2.74. The number of carbonyl (C=O) groups is 3. The van der Waals surface area contributed by atoms with Gasteiger partial charge in [-0.15, -0.1) is 0 Å². The summed E-state index contributed by atoms with van der Waals surface area (Å²) in [5.41, 5.74) is 4.18. The molecular weight excluding hydrogens is 531 g/mol. The van der Waals surface area contributed by atoms with E-state index >= 15 is 0 Å². The lowest BCUT2D eigenvalue weighted by Crippen LogP contribution is -2.49. The minimum atomic E-state index is -0.622. The van der Waals surface area contributed by atoms with Gasteiger partial charge < -0.3 is 20.0 Å². The lowest BCUT2D eigenvalue weighted by Gasteiger charge is -2.37. The number of halogens is 1. The van der Waals surface area contributed by atoms with E-state index in [0.717, 1.165) is 11.1 Å². The van der Waals surface area contributed by atoms with Crippen molar-refractivity contribution in [2.24, 2.45) is 0 Å². The minimum Gasteiger partial charge on any atom is -0.367 e. The first-order valence-corrected chi connectivity index (χ1v) is 13.9. The van der Waals surface area contributed by atoms with Gasteiger partial charge in [0.25, 0.3) is 17.7 Å². The van der Waals surface area contributed by atoms with Crippen LogP contribution in [0.4, 0.5) is 15.8 Å². The summed E-state index contributed by atoms with van der Waals surface area (Å²) in [6.45, 7) is 4.49. The van der Waals surface area contributed by atoms with Gasteiger partial charge in [-0.2, -0.15) is 0 Å². The fraction of sp³-hybridized carbons (Fsp3) is 0.206. The Kier molecular flexibility index (Phi) is 8.62. The van der Waals surface area contributed by atoms with Crippen molar-refractivity contribution < 1.29 is 18.8 Å². The van der Waals surface area contributed by atoms with Crippen molar-refractivity contribution in [3.05, 3.63) is 131 Å². The van der Waals surface area contributed by atoms with Gasteiger partial charge in [-0.25, -0.2) is 4.39 Å². The maximum atomic E-state index is 14.2. The van der Waals surface area contributed by atoms with Crippen LogP contribution in [0.2, 0.25) is 0 Å². The van der Waals surface area contributed by atoms with Crippen LogP contribution < -0.4 is 10.2 Å². The smallest absolute Gasteiger partial charge is 0.258 e. The lowest BCUT2D eigenvalue weighted by molar-refractivity contribution is 0.0742. The second-order valence-corrected chi connectivity index (χ2v) is 10.5. The molecule has 0 bridgehead atoms. The Morgan fingerprint density at radius 3 is 2.17 bits per heavy atom. The van der Waals surface area contributed by atoms with Crippen molar-refractivity contribution in [1.82, 2.24) is 9.80 Å². The van der Waals surface area contributed by atoms with Gasteiger partial charge in [-0.05, 0) is 55.0 Å². The monoisotopic (exact) mass is 564 g/mol. The van der Waals surface area contributed by atoms with Gasteiger partial charge in [0, 0.05) is 56.7 Å². The van der Waals surface area contributed by atoms with Crippen molar-refractivity contribution >= 4 is 29.1 Å². The second-order valence-electron chi connectivity index (χ2n) is 10.5. The molecule has 0 spiro atoms. The maximum Gasteiger partial charge on any atom is 0.258 e. The predicted molar refractivity (Wildman–Crippen MR) is 162 cm³/mol. The fourth-order valence-electron chi connectivity index (χ4n) is 5.07. The Balaban J connectivity index is 1.38. The van der Waals surface area contributed by atoms with E-state index in [1.807, 2.05) is 66.4 Å². The van der Waals surface area contributed by atoms with E-state index in [1.165, 1.54) is 18.2 Å². The van der Waals surface area contributed by atoms with Crippen LogP contribution in [0.1, 0.15) is 42.2 Å². The number of nitrogens with one attached hydrogen (secondary N) is 1. The third kappa shape index (κ3) is 6.49. The third-order valence-corrected chi connectivity index (χ3v) is 7.42. The number of hydrogen-bond donors (Lipinski definition) is 1. The van der Waals surface area contributed by atoms with Crippen LogP contribution in [0.25, 0.3) is 0 Å². The van der Waals surface area contributed by atoms with Crippen LogP contribution in [0.3, 0.4) is 0 Å². The molecule has 1 fully saturated rings. The maximum absolute atomic E-state index is 14.2. The van der Waals surface area contributed by atoms with E-state index in [0.29, 0.717) is 55.2 Å². The van der Waals surface area contributed by atoms with E-state index in [4.69, 9.17) is 0 Å². The van der Waals surface area contributed by atoms with Gasteiger partial charge in [-0.3, -0.25) is 14.4 Å². The fourth-order valence-corrected chi connectivity index (χ4v) is 5.07. The van der Waals surface area contributed by atoms with Crippen LogP contribution in [0.5, 0.6) is 0 Å². The van der Waals surface area contributed by atoms with Crippen molar-refractivity contribution in [1.29, 1.82) is 0 Å². The average molecular weight is 565 g/mol. The molecule has 1 N–H and O–H groups in total. The topological polar surface area (TPSA) is 73.0 Å². The summed E-state index contributed by atoms with van der Waals surface area (Å²) in [4.78, 5) is 45.2. The van der Waals surface area contributed by atoms with Crippen LogP contribution in [-0.4, -0.2) is 60.7 Å². The Hall–Kier alpha value is -4.98. The standard InChI is InChI=1S/C34H33FN4O3/c1-24-12-14-26(15-13-24)33(41)39-20-18-38(19-21-39)31-17-16-27(36-32(40)28-10-6-7-11-30(28)35)22-29(31)34(42)37(2)23-25-8-4-3-5-9-25/h3-17,22H,18-21,23H2,1-2H3,(H,36,40). The number of hydrogen-bond acceptors (Lipinski definition) is 4. The minimum absolute atomic E-state index is 0.0141. The second kappa shape index (κ2) is 12.7. The zero-order chi connectivity index (χ0) is 29.6. The molecule has 0 unspecified atom stereocenters. The van der Waals surface area contributed by atoms with Gasteiger partial charge in [-0.1, -0.05) is 60.2 Å². The van der Waals surface area contributed by atoms with E-state index in [-0.39, 0.29) is 17.4 Å². The molecule has 0 aliphatic carbocycles.